The van der Waals surface area contributed by atoms with Crippen molar-refractivity contribution in [3.05, 3.63) is 33.8 Å². The van der Waals surface area contributed by atoms with E-state index in [4.69, 9.17) is 23.2 Å². The molecule has 2 N–H and O–H groups in total. The third-order valence-electron chi connectivity index (χ3n) is 3.98. The summed E-state index contributed by atoms with van der Waals surface area (Å²) in [6, 6.07) is 5.70. The first-order chi connectivity index (χ1) is 8.60. The fourth-order valence-electron chi connectivity index (χ4n) is 2.99. The minimum absolute atomic E-state index is 0.235. The van der Waals surface area contributed by atoms with Gasteiger partial charge in [-0.3, -0.25) is 0 Å². The van der Waals surface area contributed by atoms with Crippen LogP contribution in [0.2, 0.25) is 10.0 Å². The molecule has 2 atom stereocenters. The molecule has 0 aromatic heterocycles. The van der Waals surface area contributed by atoms with Crippen molar-refractivity contribution >= 4 is 23.2 Å². The van der Waals surface area contributed by atoms with Gasteiger partial charge in [0.1, 0.15) is 0 Å². The number of rotatable bonds is 3. The molecule has 1 aromatic carbocycles. The standard InChI is InChI=1S/C14H19Cl2NO/c1-17-9-14(7-3-2-4-13(14)18)10-5-6-11(15)12(16)8-10/h5-6,8,13,17-18H,2-4,7,9H2,1H3/t13-,14+/m1/s1. The lowest BCUT2D eigenvalue weighted by atomic mass is 9.67. The molecule has 0 spiro atoms. The zero-order valence-corrected chi connectivity index (χ0v) is 12.1. The third-order valence-corrected chi connectivity index (χ3v) is 4.71. The summed E-state index contributed by atoms with van der Waals surface area (Å²) in [6.45, 7) is 0.756. The van der Waals surface area contributed by atoms with E-state index < -0.39 is 0 Å². The highest BCUT2D eigenvalue weighted by atomic mass is 35.5. The summed E-state index contributed by atoms with van der Waals surface area (Å²) in [7, 11) is 1.92. The van der Waals surface area contributed by atoms with Crippen molar-refractivity contribution in [3.63, 3.8) is 0 Å². The lowest BCUT2D eigenvalue weighted by Gasteiger charge is -2.42. The highest BCUT2D eigenvalue weighted by Gasteiger charge is 2.41. The van der Waals surface area contributed by atoms with E-state index in [1.807, 2.05) is 25.2 Å². The predicted molar refractivity (Wildman–Crippen MR) is 76.5 cm³/mol. The van der Waals surface area contributed by atoms with Crippen LogP contribution in [0.4, 0.5) is 0 Å². The predicted octanol–water partition coefficient (Wildman–Crippen LogP) is 3.39. The Balaban J connectivity index is 2.42. The van der Waals surface area contributed by atoms with E-state index in [0.717, 1.165) is 37.8 Å². The number of aliphatic hydroxyl groups is 1. The van der Waals surface area contributed by atoms with Crippen molar-refractivity contribution < 1.29 is 5.11 Å². The monoisotopic (exact) mass is 287 g/mol. The fraction of sp³-hybridized carbons (Fsp3) is 0.571. The summed E-state index contributed by atoms with van der Waals surface area (Å²) in [5.41, 5.74) is 0.847. The van der Waals surface area contributed by atoms with E-state index in [0.29, 0.717) is 10.0 Å². The summed E-state index contributed by atoms with van der Waals surface area (Å²) < 4.78 is 0. The first-order valence-electron chi connectivity index (χ1n) is 6.38. The zero-order valence-electron chi connectivity index (χ0n) is 10.5. The fourth-order valence-corrected chi connectivity index (χ4v) is 3.29. The molecule has 0 amide bonds. The number of hydrogen-bond donors (Lipinski definition) is 2. The van der Waals surface area contributed by atoms with Gasteiger partial charge in [0.05, 0.1) is 16.1 Å². The Morgan fingerprint density at radius 1 is 1.33 bits per heavy atom. The maximum Gasteiger partial charge on any atom is 0.0649 e. The molecule has 100 valence electrons. The number of aliphatic hydroxyl groups excluding tert-OH is 1. The van der Waals surface area contributed by atoms with E-state index in [-0.39, 0.29) is 11.5 Å². The Labute approximate surface area is 118 Å². The molecule has 1 fully saturated rings. The van der Waals surface area contributed by atoms with Gasteiger partial charge in [0.15, 0.2) is 0 Å². The number of likely N-dealkylation sites (N-methyl/N-ethyl adjacent to an activating group) is 1. The molecule has 1 aliphatic rings. The average Bonchev–Trinajstić information content (AvgIpc) is 2.36. The Morgan fingerprint density at radius 3 is 2.72 bits per heavy atom. The van der Waals surface area contributed by atoms with E-state index in [9.17, 15) is 5.11 Å². The van der Waals surface area contributed by atoms with Gasteiger partial charge in [-0.2, -0.15) is 0 Å². The number of halogens is 2. The first kappa shape index (κ1) is 14.1. The number of benzene rings is 1. The quantitative estimate of drug-likeness (QED) is 0.893. The molecule has 0 bridgehead atoms. The topological polar surface area (TPSA) is 32.3 Å². The van der Waals surface area contributed by atoms with Crippen molar-refractivity contribution in [1.82, 2.24) is 5.32 Å². The number of nitrogens with one attached hydrogen (secondary N) is 1. The van der Waals surface area contributed by atoms with Gasteiger partial charge in [-0.15, -0.1) is 0 Å². The van der Waals surface area contributed by atoms with Gasteiger partial charge in [0, 0.05) is 12.0 Å². The van der Waals surface area contributed by atoms with E-state index in [2.05, 4.69) is 5.32 Å². The van der Waals surface area contributed by atoms with Gasteiger partial charge in [0.25, 0.3) is 0 Å². The van der Waals surface area contributed by atoms with Crippen LogP contribution in [0.25, 0.3) is 0 Å². The van der Waals surface area contributed by atoms with Crippen LogP contribution < -0.4 is 5.32 Å². The molecule has 0 unspecified atom stereocenters. The number of hydrogen-bond acceptors (Lipinski definition) is 2. The Bertz CT molecular complexity index is 420. The lowest BCUT2D eigenvalue weighted by Crippen LogP contribution is -2.48. The molecule has 2 nitrogen and oxygen atoms in total. The normalized spacial score (nSPS) is 28.3. The summed E-state index contributed by atoms with van der Waals surface area (Å²) in [4.78, 5) is 0. The molecule has 0 radical (unpaired) electrons. The van der Waals surface area contributed by atoms with Crippen molar-refractivity contribution in [2.24, 2.45) is 0 Å². The van der Waals surface area contributed by atoms with Gasteiger partial charge in [-0.25, -0.2) is 0 Å². The Kier molecular flexibility index (Phi) is 4.54. The summed E-state index contributed by atoms with van der Waals surface area (Å²) >= 11 is 12.1. The second kappa shape index (κ2) is 5.79. The summed E-state index contributed by atoms with van der Waals surface area (Å²) in [5, 5.41) is 14.8. The lowest BCUT2D eigenvalue weighted by molar-refractivity contribution is 0.0424. The molecule has 18 heavy (non-hydrogen) atoms. The Hall–Kier alpha value is -0.280. The molecule has 1 saturated carbocycles. The van der Waals surface area contributed by atoms with Gasteiger partial charge in [-0.1, -0.05) is 42.1 Å². The van der Waals surface area contributed by atoms with Gasteiger partial charge in [0.2, 0.25) is 0 Å². The van der Waals surface area contributed by atoms with E-state index >= 15 is 0 Å². The van der Waals surface area contributed by atoms with Crippen molar-refractivity contribution in [2.75, 3.05) is 13.6 Å². The third kappa shape index (κ3) is 2.53. The molecule has 0 aliphatic heterocycles. The molecule has 0 heterocycles. The van der Waals surface area contributed by atoms with Crippen LogP contribution in [0, 0.1) is 0 Å². The van der Waals surface area contributed by atoms with Crippen LogP contribution in [0.1, 0.15) is 31.2 Å². The van der Waals surface area contributed by atoms with Crippen molar-refractivity contribution in [1.29, 1.82) is 0 Å². The first-order valence-corrected chi connectivity index (χ1v) is 7.14. The largest absolute Gasteiger partial charge is 0.392 e. The van der Waals surface area contributed by atoms with Crippen LogP contribution in [-0.2, 0) is 5.41 Å². The smallest absolute Gasteiger partial charge is 0.0649 e. The minimum Gasteiger partial charge on any atom is -0.392 e. The average molecular weight is 288 g/mol. The molecule has 1 aromatic rings. The Morgan fingerprint density at radius 2 is 2.11 bits per heavy atom. The molecular formula is C14H19Cl2NO. The molecule has 4 heteroatoms. The van der Waals surface area contributed by atoms with Crippen LogP contribution in [0.15, 0.2) is 18.2 Å². The van der Waals surface area contributed by atoms with Gasteiger partial charge >= 0.3 is 0 Å². The second-order valence-electron chi connectivity index (χ2n) is 5.08. The minimum atomic E-state index is -0.323. The highest BCUT2D eigenvalue weighted by molar-refractivity contribution is 6.42. The molecule has 0 saturated heterocycles. The summed E-state index contributed by atoms with van der Waals surface area (Å²) in [5.74, 6) is 0. The van der Waals surface area contributed by atoms with Crippen LogP contribution in [-0.4, -0.2) is 24.8 Å². The molecule has 2 rings (SSSR count). The highest BCUT2D eigenvalue weighted by Crippen LogP contribution is 2.41. The molecular weight excluding hydrogens is 269 g/mol. The van der Waals surface area contributed by atoms with Crippen LogP contribution in [0.5, 0.6) is 0 Å². The van der Waals surface area contributed by atoms with Gasteiger partial charge in [-0.05, 0) is 37.6 Å². The second-order valence-corrected chi connectivity index (χ2v) is 5.89. The van der Waals surface area contributed by atoms with E-state index in [1.54, 1.807) is 0 Å². The van der Waals surface area contributed by atoms with Gasteiger partial charge < -0.3 is 10.4 Å². The van der Waals surface area contributed by atoms with Crippen molar-refractivity contribution in [2.45, 2.75) is 37.2 Å². The summed E-state index contributed by atoms with van der Waals surface area (Å²) in [6.07, 6.45) is 3.73. The maximum atomic E-state index is 10.4. The molecule has 1 aliphatic carbocycles. The van der Waals surface area contributed by atoms with Crippen LogP contribution in [0.3, 0.4) is 0 Å². The van der Waals surface area contributed by atoms with E-state index in [1.165, 1.54) is 0 Å². The van der Waals surface area contributed by atoms with Crippen LogP contribution >= 0.6 is 23.2 Å². The maximum absolute atomic E-state index is 10.4. The zero-order chi connectivity index (χ0) is 13.2. The van der Waals surface area contributed by atoms with Crippen molar-refractivity contribution in [3.8, 4) is 0 Å². The SMILES string of the molecule is CNC[C@]1(c2ccc(Cl)c(Cl)c2)CCCC[C@H]1O.